The Bertz CT molecular complexity index is 768. The van der Waals surface area contributed by atoms with Crippen LogP contribution in [0, 0.1) is 5.82 Å². The zero-order valence-corrected chi connectivity index (χ0v) is 13.1. The minimum Gasteiger partial charge on any atom is -0.313 e. The van der Waals surface area contributed by atoms with Crippen molar-refractivity contribution in [2.45, 2.75) is 12.5 Å². The Morgan fingerprint density at radius 3 is 2.81 bits per heavy atom. The lowest BCUT2D eigenvalue weighted by Gasteiger charge is -2.16. The molecule has 21 heavy (non-hydrogen) atoms. The normalized spacial score (nSPS) is 12.7. The van der Waals surface area contributed by atoms with Gasteiger partial charge in [-0.05, 0) is 53.6 Å². The number of fused-ring (bicyclic) bond motifs is 1. The van der Waals surface area contributed by atoms with E-state index in [0.29, 0.717) is 17.0 Å². The molecule has 3 rings (SSSR count). The van der Waals surface area contributed by atoms with Crippen LogP contribution in [0.25, 0.3) is 10.1 Å². The Morgan fingerprint density at radius 2 is 2.05 bits per heavy atom. The van der Waals surface area contributed by atoms with Gasteiger partial charge >= 0.3 is 0 Å². The van der Waals surface area contributed by atoms with Crippen LogP contribution in [0.3, 0.4) is 0 Å². The highest BCUT2D eigenvalue weighted by Gasteiger charge is 2.16. The molecule has 0 fully saturated rings. The Morgan fingerprint density at radius 1 is 1.24 bits per heavy atom. The van der Waals surface area contributed by atoms with Gasteiger partial charge in [0.25, 0.3) is 0 Å². The second-order valence-corrected chi connectivity index (χ2v) is 6.32. The molecule has 1 atom stereocenters. The van der Waals surface area contributed by atoms with Crippen LogP contribution in [0.1, 0.15) is 17.2 Å². The smallest absolute Gasteiger partial charge is 0.127 e. The van der Waals surface area contributed by atoms with Gasteiger partial charge in [0.2, 0.25) is 0 Å². The summed E-state index contributed by atoms with van der Waals surface area (Å²) in [6.07, 6.45) is 0.597. The molecule has 1 heterocycles. The predicted molar refractivity (Wildman–Crippen MR) is 88.7 cm³/mol. The van der Waals surface area contributed by atoms with Crippen molar-refractivity contribution in [2.24, 2.45) is 0 Å². The number of halogens is 2. The second-order valence-electron chi connectivity index (χ2n) is 4.97. The number of rotatable bonds is 4. The molecule has 1 aromatic heterocycles. The molecule has 0 saturated heterocycles. The van der Waals surface area contributed by atoms with Gasteiger partial charge in [-0.25, -0.2) is 4.39 Å². The van der Waals surface area contributed by atoms with Crippen molar-refractivity contribution in [3.8, 4) is 0 Å². The summed E-state index contributed by atoms with van der Waals surface area (Å²) in [5.41, 5.74) is 1.89. The van der Waals surface area contributed by atoms with E-state index in [1.54, 1.807) is 23.5 Å². The van der Waals surface area contributed by atoms with Gasteiger partial charge in [-0.2, -0.15) is 0 Å². The lowest BCUT2D eigenvalue weighted by Crippen LogP contribution is -2.19. The van der Waals surface area contributed by atoms with Gasteiger partial charge < -0.3 is 5.32 Å². The third-order valence-corrected chi connectivity index (χ3v) is 4.89. The van der Waals surface area contributed by atoms with Gasteiger partial charge in [-0.15, -0.1) is 11.3 Å². The molecule has 0 aliphatic heterocycles. The third-order valence-electron chi connectivity index (χ3n) is 3.67. The molecule has 3 aromatic rings. The molecule has 0 saturated carbocycles. The minimum atomic E-state index is -0.248. The molecule has 0 bridgehead atoms. The first kappa shape index (κ1) is 14.5. The van der Waals surface area contributed by atoms with E-state index in [-0.39, 0.29) is 11.9 Å². The van der Waals surface area contributed by atoms with E-state index in [1.807, 2.05) is 19.2 Å². The van der Waals surface area contributed by atoms with Crippen LogP contribution >= 0.6 is 22.9 Å². The monoisotopic (exact) mass is 319 g/mol. The van der Waals surface area contributed by atoms with E-state index in [0.717, 1.165) is 0 Å². The fourth-order valence-corrected chi connectivity index (χ4v) is 3.72. The van der Waals surface area contributed by atoms with E-state index in [1.165, 1.54) is 21.7 Å². The van der Waals surface area contributed by atoms with Gasteiger partial charge in [0, 0.05) is 15.8 Å². The Labute approximate surface area is 132 Å². The van der Waals surface area contributed by atoms with Gasteiger partial charge in [-0.3, -0.25) is 0 Å². The largest absolute Gasteiger partial charge is 0.313 e. The van der Waals surface area contributed by atoms with Crippen molar-refractivity contribution in [3.05, 3.63) is 69.8 Å². The van der Waals surface area contributed by atoms with Crippen LogP contribution in [0.5, 0.6) is 0 Å². The number of thiophene rings is 1. The van der Waals surface area contributed by atoms with Crippen LogP contribution in [0.4, 0.5) is 4.39 Å². The summed E-state index contributed by atoms with van der Waals surface area (Å²) in [4.78, 5) is 0. The van der Waals surface area contributed by atoms with Crippen LogP contribution in [-0.4, -0.2) is 7.05 Å². The lowest BCUT2D eigenvalue weighted by atomic mass is 9.98. The van der Waals surface area contributed by atoms with Crippen molar-refractivity contribution in [1.82, 2.24) is 5.32 Å². The molecule has 4 heteroatoms. The number of nitrogens with one attached hydrogen (secondary N) is 1. The topological polar surface area (TPSA) is 12.0 Å². The molecule has 108 valence electrons. The number of hydrogen-bond acceptors (Lipinski definition) is 2. The zero-order chi connectivity index (χ0) is 14.8. The molecule has 1 N–H and O–H groups in total. The van der Waals surface area contributed by atoms with Crippen molar-refractivity contribution >= 4 is 33.0 Å². The number of hydrogen-bond donors (Lipinski definition) is 1. The Kier molecular flexibility index (Phi) is 4.24. The highest BCUT2D eigenvalue weighted by molar-refractivity contribution is 7.17. The van der Waals surface area contributed by atoms with Gasteiger partial charge in [0.05, 0.1) is 0 Å². The quantitative estimate of drug-likeness (QED) is 0.697. The standard InChI is InChI=1S/C17H15ClFNS/c1-20-16(8-11-6-7-12(18)9-15(11)19)14-10-21-17-5-3-2-4-13(14)17/h2-7,9-10,16,20H,8H2,1H3. The van der Waals surface area contributed by atoms with Gasteiger partial charge in [0.15, 0.2) is 0 Å². The van der Waals surface area contributed by atoms with Crippen LogP contribution in [0.15, 0.2) is 47.8 Å². The number of likely N-dealkylation sites (N-methyl/N-ethyl adjacent to an activating group) is 1. The SMILES string of the molecule is CNC(Cc1ccc(Cl)cc1F)c1csc2ccccc12. The first-order valence-electron chi connectivity index (χ1n) is 6.76. The predicted octanol–water partition coefficient (Wildman–Crippen LogP) is 5.20. The second kappa shape index (κ2) is 6.14. The maximum atomic E-state index is 14.0. The molecule has 0 aliphatic rings. The van der Waals surface area contributed by atoms with Crippen molar-refractivity contribution in [3.63, 3.8) is 0 Å². The third kappa shape index (κ3) is 2.95. The van der Waals surface area contributed by atoms with Crippen molar-refractivity contribution < 1.29 is 4.39 Å². The van der Waals surface area contributed by atoms with Crippen LogP contribution < -0.4 is 5.32 Å². The first-order valence-corrected chi connectivity index (χ1v) is 8.02. The maximum Gasteiger partial charge on any atom is 0.127 e. The maximum absolute atomic E-state index is 14.0. The van der Waals surface area contributed by atoms with Crippen molar-refractivity contribution in [1.29, 1.82) is 0 Å². The molecular formula is C17H15ClFNS. The summed E-state index contributed by atoms with van der Waals surface area (Å²) in [5, 5.41) is 7.11. The average Bonchev–Trinajstić information content (AvgIpc) is 2.91. The molecule has 0 spiro atoms. The van der Waals surface area contributed by atoms with E-state index >= 15 is 0 Å². The first-order chi connectivity index (χ1) is 10.2. The Hall–Kier alpha value is -1.42. The molecular weight excluding hydrogens is 305 g/mol. The summed E-state index contributed by atoms with van der Waals surface area (Å²) in [7, 11) is 1.91. The summed E-state index contributed by atoms with van der Waals surface area (Å²) < 4.78 is 15.2. The number of benzene rings is 2. The van der Waals surface area contributed by atoms with E-state index in [4.69, 9.17) is 11.6 Å². The summed E-state index contributed by atoms with van der Waals surface area (Å²) in [6, 6.07) is 13.2. The fraction of sp³-hybridized carbons (Fsp3) is 0.176. The van der Waals surface area contributed by atoms with E-state index in [9.17, 15) is 4.39 Å². The van der Waals surface area contributed by atoms with E-state index in [2.05, 4.69) is 22.8 Å². The molecule has 1 unspecified atom stereocenters. The highest BCUT2D eigenvalue weighted by Crippen LogP contribution is 2.32. The molecule has 1 nitrogen and oxygen atoms in total. The van der Waals surface area contributed by atoms with Crippen LogP contribution in [0.2, 0.25) is 5.02 Å². The van der Waals surface area contributed by atoms with Gasteiger partial charge in [-0.1, -0.05) is 35.9 Å². The molecule has 0 radical (unpaired) electrons. The van der Waals surface area contributed by atoms with Crippen LogP contribution in [-0.2, 0) is 6.42 Å². The molecule has 0 amide bonds. The molecule has 2 aromatic carbocycles. The summed E-state index contributed by atoms with van der Waals surface area (Å²) in [5.74, 6) is -0.248. The Balaban J connectivity index is 1.95. The summed E-state index contributed by atoms with van der Waals surface area (Å²) in [6.45, 7) is 0. The van der Waals surface area contributed by atoms with E-state index < -0.39 is 0 Å². The minimum absolute atomic E-state index is 0.0804. The molecule has 0 aliphatic carbocycles. The summed E-state index contributed by atoms with van der Waals surface area (Å²) >= 11 is 7.53. The average molecular weight is 320 g/mol. The highest BCUT2D eigenvalue weighted by atomic mass is 35.5. The van der Waals surface area contributed by atoms with Crippen molar-refractivity contribution in [2.75, 3.05) is 7.05 Å². The fourth-order valence-electron chi connectivity index (χ4n) is 2.54. The zero-order valence-electron chi connectivity index (χ0n) is 11.6. The van der Waals surface area contributed by atoms with Gasteiger partial charge in [0.1, 0.15) is 5.82 Å². The lowest BCUT2D eigenvalue weighted by molar-refractivity contribution is 0.557.